The first kappa shape index (κ1) is 30.7. The van der Waals surface area contributed by atoms with Crippen LogP contribution in [-0.4, -0.2) is 18.7 Å². The highest BCUT2D eigenvalue weighted by atomic mass is 15.1. The second kappa shape index (κ2) is 11.8. The molecule has 0 bridgehead atoms. The van der Waals surface area contributed by atoms with Crippen LogP contribution >= 0.6 is 0 Å². The van der Waals surface area contributed by atoms with Gasteiger partial charge in [0.1, 0.15) is 5.65 Å². The highest BCUT2D eigenvalue weighted by Gasteiger charge is 2.22. The lowest BCUT2D eigenvalue weighted by atomic mass is 10.0. The Morgan fingerprint density at radius 2 is 1.07 bits per heavy atom. The van der Waals surface area contributed by atoms with Gasteiger partial charge in [0.05, 0.1) is 50.8 Å². The van der Waals surface area contributed by atoms with E-state index in [1.54, 1.807) is 0 Å². The van der Waals surface area contributed by atoms with Crippen molar-refractivity contribution < 1.29 is 0 Å². The summed E-state index contributed by atoms with van der Waals surface area (Å²) >= 11 is 0. The van der Waals surface area contributed by atoms with Gasteiger partial charge in [-0.05, 0) is 102 Å². The van der Waals surface area contributed by atoms with Crippen molar-refractivity contribution in [1.82, 2.24) is 18.7 Å². The van der Waals surface area contributed by atoms with E-state index in [9.17, 15) is 10.5 Å². The Hall–Kier alpha value is -7.93. The Morgan fingerprint density at radius 1 is 0.400 bits per heavy atom. The number of nitriles is 2. The second-order valence-electron chi connectivity index (χ2n) is 13.9. The molecule has 11 aromatic rings. The molecule has 0 aliphatic carbocycles. The summed E-state index contributed by atoms with van der Waals surface area (Å²) in [5.74, 6) is 0. The third-order valence-electron chi connectivity index (χ3n) is 10.9. The van der Waals surface area contributed by atoms with E-state index in [2.05, 4.69) is 141 Å². The van der Waals surface area contributed by atoms with Crippen LogP contribution in [0.25, 0.3) is 93.7 Å². The van der Waals surface area contributed by atoms with Gasteiger partial charge in [0.25, 0.3) is 0 Å². The number of rotatable bonds is 4. The first-order valence-corrected chi connectivity index (χ1v) is 18.2. The molecule has 0 fully saturated rings. The van der Waals surface area contributed by atoms with Crippen LogP contribution in [0, 0.1) is 22.7 Å². The fourth-order valence-corrected chi connectivity index (χ4v) is 8.61. The summed E-state index contributed by atoms with van der Waals surface area (Å²) in [6, 6.07) is 61.1. The molecule has 0 saturated carbocycles. The van der Waals surface area contributed by atoms with Gasteiger partial charge in [0.2, 0.25) is 0 Å². The maximum atomic E-state index is 10.3. The summed E-state index contributed by atoms with van der Waals surface area (Å²) in [6.07, 6.45) is 1.86. The van der Waals surface area contributed by atoms with Crippen molar-refractivity contribution in [3.05, 3.63) is 181 Å². The predicted octanol–water partition coefficient (Wildman–Crippen LogP) is 11.8. The Labute approximate surface area is 315 Å². The lowest BCUT2D eigenvalue weighted by Crippen LogP contribution is -1.98. The van der Waals surface area contributed by atoms with Crippen LogP contribution in [0.15, 0.2) is 170 Å². The summed E-state index contributed by atoms with van der Waals surface area (Å²) in [6.45, 7) is 0. The van der Waals surface area contributed by atoms with Crippen LogP contribution in [0.5, 0.6) is 0 Å². The number of benzene rings is 7. The fraction of sp³-hybridized carbons (Fsp3) is 0. The van der Waals surface area contributed by atoms with Crippen LogP contribution in [0.3, 0.4) is 0 Å². The first-order chi connectivity index (χ1) is 27.2. The van der Waals surface area contributed by atoms with Gasteiger partial charge in [0, 0.05) is 55.6 Å². The summed E-state index contributed by atoms with van der Waals surface area (Å²) in [5.41, 5.74) is 12.3. The molecule has 6 heteroatoms. The minimum absolute atomic E-state index is 0.562. The minimum Gasteiger partial charge on any atom is -0.309 e. The van der Waals surface area contributed by atoms with E-state index in [-0.39, 0.29) is 0 Å². The summed E-state index contributed by atoms with van der Waals surface area (Å²) in [7, 11) is 0. The molecule has 254 valence electrons. The number of pyridine rings is 1. The molecule has 0 unspecified atom stereocenters. The van der Waals surface area contributed by atoms with E-state index < -0.39 is 0 Å². The van der Waals surface area contributed by atoms with Crippen molar-refractivity contribution in [2.45, 2.75) is 0 Å². The number of hydrogen-bond acceptors (Lipinski definition) is 3. The SMILES string of the molecule is N#Cc1cc(-c2cccc(-n3c4ccc5c6ccccc6n(-c6ccccc6)c5c4c4cccnc43)c2)cc(-n2c3ccccc3c3cc(C#N)ccc32)c1. The standard InChI is InChI=1S/C49H28N6/c50-29-31-19-21-45-42(26-31)39-15-5-6-17-43(39)53(45)37-25-32(30-51)24-34(28-37)33-10-8-13-36(27-33)55-46-22-20-40-38-14-4-7-18-44(38)54(35-11-2-1-3-12-35)48(40)47(46)41-16-9-23-52-49(41)55/h1-28H. The molecular formula is C49H28N6. The highest BCUT2D eigenvalue weighted by molar-refractivity contribution is 6.25. The first-order valence-electron chi connectivity index (χ1n) is 18.2. The molecule has 0 saturated heterocycles. The van der Waals surface area contributed by atoms with Gasteiger partial charge >= 0.3 is 0 Å². The maximum Gasteiger partial charge on any atom is 0.145 e. The van der Waals surface area contributed by atoms with Gasteiger partial charge in [-0.15, -0.1) is 0 Å². The van der Waals surface area contributed by atoms with Gasteiger partial charge < -0.3 is 9.13 Å². The molecule has 0 amide bonds. The van der Waals surface area contributed by atoms with E-state index in [1.165, 1.54) is 10.8 Å². The molecule has 0 aliphatic heterocycles. The maximum absolute atomic E-state index is 10.3. The molecule has 0 spiro atoms. The van der Waals surface area contributed by atoms with Crippen molar-refractivity contribution in [3.63, 3.8) is 0 Å². The normalized spacial score (nSPS) is 11.6. The monoisotopic (exact) mass is 700 g/mol. The Balaban J connectivity index is 1.15. The predicted molar refractivity (Wildman–Crippen MR) is 222 cm³/mol. The van der Waals surface area contributed by atoms with E-state index in [0.29, 0.717) is 11.1 Å². The number of aromatic nitrogens is 4. The number of para-hydroxylation sites is 3. The van der Waals surface area contributed by atoms with Crippen molar-refractivity contribution in [2.24, 2.45) is 0 Å². The van der Waals surface area contributed by atoms with Gasteiger partial charge in [-0.3, -0.25) is 4.57 Å². The molecule has 7 aromatic carbocycles. The molecule has 55 heavy (non-hydrogen) atoms. The Morgan fingerprint density at radius 3 is 1.89 bits per heavy atom. The van der Waals surface area contributed by atoms with Crippen LogP contribution < -0.4 is 0 Å². The van der Waals surface area contributed by atoms with Crippen LogP contribution in [0.1, 0.15) is 11.1 Å². The topological polar surface area (TPSA) is 75.3 Å². The van der Waals surface area contributed by atoms with Crippen molar-refractivity contribution in [2.75, 3.05) is 0 Å². The van der Waals surface area contributed by atoms with Gasteiger partial charge in [-0.1, -0.05) is 72.8 Å². The summed E-state index contributed by atoms with van der Waals surface area (Å²) < 4.78 is 6.83. The number of nitrogens with zero attached hydrogens (tertiary/aromatic N) is 6. The van der Waals surface area contributed by atoms with Gasteiger partial charge in [-0.2, -0.15) is 10.5 Å². The molecule has 4 heterocycles. The molecule has 0 radical (unpaired) electrons. The van der Waals surface area contributed by atoms with E-state index in [0.717, 1.165) is 83.0 Å². The molecule has 4 aromatic heterocycles. The van der Waals surface area contributed by atoms with Gasteiger partial charge in [0.15, 0.2) is 0 Å². The van der Waals surface area contributed by atoms with Crippen molar-refractivity contribution in [1.29, 1.82) is 10.5 Å². The van der Waals surface area contributed by atoms with E-state index in [4.69, 9.17) is 4.98 Å². The second-order valence-corrected chi connectivity index (χ2v) is 13.9. The zero-order valence-corrected chi connectivity index (χ0v) is 29.3. The Bertz CT molecular complexity index is 3460. The molecule has 0 atom stereocenters. The van der Waals surface area contributed by atoms with Crippen LogP contribution in [0.2, 0.25) is 0 Å². The molecule has 11 rings (SSSR count). The lowest BCUT2D eigenvalue weighted by molar-refractivity contribution is 1.13. The summed E-state index contributed by atoms with van der Waals surface area (Å²) in [4.78, 5) is 4.99. The fourth-order valence-electron chi connectivity index (χ4n) is 8.61. The smallest absolute Gasteiger partial charge is 0.145 e. The van der Waals surface area contributed by atoms with E-state index >= 15 is 0 Å². The van der Waals surface area contributed by atoms with Crippen molar-refractivity contribution >= 4 is 65.5 Å². The third kappa shape index (κ3) is 4.50. The molecule has 0 aliphatic rings. The number of hydrogen-bond donors (Lipinski definition) is 0. The third-order valence-corrected chi connectivity index (χ3v) is 10.9. The molecular weight excluding hydrogens is 673 g/mol. The zero-order valence-electron chi connectivity index (χ0n) is 29.3. The van der Waals surface area contributed by atoms with Crippen LogP contribution in [0.4, 0.5) is 0 Å². The van der Waals surface area contributed by atoms with Crippen molar-refractivity contribution in [3.8, 4) is 40.3 Å². The molecule has 0 N–H and O–H groups in total. The van der Waals surface area contributed by atoms with Crippen LogP contribution in [-0.2, 0) is 0 Å². The van der Waals surface area contributed by atoms with Gasteiger partial charge in [-0.25, -0.2) is 4.98 Å². The zero-order chi connectivity index (χ0) is 36.6. The quantitative estimate of drug-likeness (QED) is 0.183. The largest absolute Gasteiger partial charge is 0.309 e. The Kier molecular flexibility index (Phi) is 6.58. The lowest BCUT2D eigenvalue weighted by Gasteiger charge is -2.13. The average Bonchev–Trinajstić information content (AvgIpc) is 3.89. The average molecular weight is 701 g/mol. The highest BCUT2D eigenvalue weighted by Crippen LogP contribution is 2.42. The molecule has 6 nitrogen and oxygen atoms in total. The summed E-state index contributed by atoms with van der Waals surface area (Å²) in [5, 5.41) is 26.6. The number of fused-ring (bicyclic) bond motifs is 10. The minimum atomic E-state index is 0.562. The van der Waals surface area contributed by atoms with E-state index in [1.807, 2.05) is 54.7 Å².